The Morgan fingerprint density at radius 1 is 0.966 bits per heavy atom. The molecule has 5 fully saturated rings. The molecule has 1 aromatic carbocycles. The molecule has 0 radical (unpaired) electrons. The van der Waals surface area contributed by atoms with Crippen LogP contribution in [-0.2, 0) is 19.2 Å². The Morgan fingerprint density at radius 3 is 2.26 bits per heavy atom. The van der Waals surface area contributed by atoms with Crippen LogP contribution in [0.4, 0.5) is 0 Å². The highest BCUT2D eigenvalue weighted by Gasteiger charge is 2.63. The molecule has 320 valence electrons. The third-order valence-corrected chi connectivity index (χ3v) is 17.1. The lowest BCUT2D eigenvalue weighted by Gasteiger charge is -2.65. The standard InChI is InChI=1S/C40H62N2O7.C7H5ClO/c1-21(2)33-31(44)20-39(16-17-42-36(47)40(48,49)41-7)15-13-24-25-9-11-32-37(4,5)23(18-30(43)27-19-28(22(27)3)35(45)46)12-14-38(32,6)29(25)10-8-26(24)34(33)39;8-7-3-1-6(5-9)2-4-7/h21-29,32,41,48-49H,8-20H2,1-7H3,(H,42,47)(H,45,46);1-5H. The number of likely N-dealkylation sites (N-methyl/N-ethyl adjacent to an activating group) is 1. The number of hydrogen-bond acceptors (Lipinski definition) is 8. The molecular weight excluding hydrogens is 756 g/mol. The zero-order chi connectivity index (χ0) is 42.5. The van der Waals surface area contributed by atoms with Gasteiger partial charge in [0.25, 0.3) is 5.91 Å². The molecule has 0 heterocycles. The van der Waals surface area contributed by atoms with Crippen LogP contribution in [0.1, 0.15) is 129 Å². The molecule has 11 atom stereocenters. The number of amides is 1. The van der Waals surface area contributed by atoms with Gasteiger partial charge in [-0.1, -0.05) is 70.8 Å². The van der Waals surface area contributed by atoms with E-state index in [2.05, 4.69) is 45.3 Å². The van der Waals surface area contributed by atoms with Crippen molar-refractivity contribution in [2.75, 3.05) is 13.6 Å². The Balaban J connectivity index is 0.000000557. The molecule has 58 heavy (non-hydrogen) atoms. The van der Waals surface area contributed by atoms with Crippen LogP contribution in [0, 0.1) is 75.4 Å². The monoisotopic (exact) mass is 822 g/mol. The number of aliphatic carboxylic acids is 1. The summed E-state index contributed by atoms with van der Waals surface area (Å²) in [5.74, 6) is -1.11. The van der Waals surface area contributed by atoms with E-state index >= 15 is 0 Å². The Morgan fingerprint density at radius 2 is 1.66 bits per heavy atom. The molecule has 11 heteroatoms. The third-order valence-electron chi connectivity index (χ3n) is 16.9. The molecule has 6 aliphatic rings. The lowest BCUT2D eigenvalue weighted by Crippen LogP contribution is -2.58. The molecule has 0 spiro atoms. The van der Waals surface area contributed by atoms with E-state index in [4.69, 9.17) is 11.6 Å². The van der Waals surface area contributed by atoms with Crippen molar-refractivity contribution >= 4 is 41.3 Å². The molecule has 1 aromatic rings. The smallest absolute Gasteiger partial charge is 0.306 e. The number of carbonyl (C=O) groups excluding carboxylic acids is 4. The zero-order valence-corrected chi connectivity index (χ0v) is 36.4. The summed E-state index contributed by atoms with van der Waals surface area (Å²) in [6.07, 6.45) is 11.8. The molecule has 11 unspecified atom stereocenters. The Kier molecular flexibility index (Phi) is 13.0. The molecule has 7 rings (SSSR count). The van der Waals surface area contributed by atoms with E-state index in [-0.39, 0.29) is 58.0 Å². The average Bonchev–Trinajstić information content (AvgIpc) is 3.47. The van der Waals surface area contributed by atoms with Crippen LogP contribution in [0.15, 0.2) is 35.4 Å². The highest BCUT2D eigenvalue weighted by Crippen LogP contribution is 2.70. The number of ketones is 2. The highest BCUT2D eigenvalue weighted by atomic mass is 35.5. The number of Topliss-reactive ketones (excluding diaryl/α,β-unsaturated/α-hetero) is 2. The van der Waals surface area contributed by atoms with Crippen molar-refractivity contribution in [1.29, 1.82) is 0 Å². The van der Waals surface area contributed by atoms with Crippen molar-refractivity contribution in [3.05, 3.63) is 46.0 Å². The summed E-state index contributed by atoms with van der Waals surface area (Å²) < 4.78 is 0. The fourth-order valence-electron chi connectivity index (χ4n) is 13.7. The fraction of sp³-hybridized carbons (Fsp3) is 0.723. The summed E-state index contributed by atoms with van der Waals surface area (Å²) >= 11 is 5.55. The lowest BCUT2D eigenvalue weighted by atomic mass is 9.39. The number of carboxylic acids is 1. The quantitative estimate of drug-likeness (QED) is 0.111. The maximum absolute atomic E-state index is 13.7. The third kappa shape index (κ3) is 8.01. The molecule has 5 N–H and O–H groups in total. The van der Waals surface area contributed by atoms with Gasteiger partial charge >= 0.3 is 11.9 Å². The molecule has 0 bridgehead atoms. The largest absolute Gasteiger partial charge is 0.481 e. The van der Waals surface area contributed by atoms with Crippen LogP contribution in [0.25, 0.3) is 0 Å². The molecule has 0 aromatic heterocycles. The van der Waals surface area contributed by atoms with Crippen LogP contribution in [-0.4, -0.2) is 64.6 Å². The number of carboxylic acid groups (broad SMARTS) is 1. The summed E-state index contributed by atoms with van der Waals surface area (Å²) in [5, 5.41) is 34.9. The van der Waals surface area contributed by atoms with E-state index in [0.29, 0.717) is 71.8 Å². The number of aldehydes is 1. The average molecular weight is 824 g/mol. The van der Waals surface area contributed by atoms with Gasteiger partial charge in [-0.25, -0.2) is 0 Å². The van der Waals surface area contributed by atoms with E-state index in [1.807, 2.05) is 6.92 Å². The van der Waals surface area contributed by atoms with Gasteiger partial charge in [-0.15, -0.1) is 0 Å². The summed E-state index contributed by atoms with van der Waals surface area (Å²) in [7, 11) is 1.32. The number of rotatable bonds is 11. The second-order valence-electron chi connectivity index (χ2n) is 20.1. The Hall–Kier alpha value is -2.92. The lowest BCUT2D eigenvalue weighted by molar-refractivity contribution is -0.195. The highest BCUT2D eigenvalue weighted by molar-refractivity contribution is 6.30. The summed E-state index contributed by atoms with van der Waals surface area (Å²) in [6, 6.07) is 6.72. The second-order valence-corrected chi connectivity index (χ2v) is 20.6. The predicted octanol–water partition coefficient (Wildman–Crippen LogP) is 7.64. The first kappa shape index (κ1) is 44.6. The van der Waals surface area contributed by atoms with E-state index < -0.39 is 17.8 Å². The molecule has 1 amide bonds. The molecule has 6 aliphatic carbocycles. The van der Waals surface area contributed by atoms with Gasteiger partial charge in [0.15, 0.2) is 5.78 Å². The zero-order valence-electron chi connectivity index (χ0n) is 35.6. The van der Waals surface area contributed by atoms with Gasteiger partial charge in [-0.3, -0.25) is 29.3 Å². The second kappa shape index (κ2) is 16.9. The number of fused-ring (bicyclic) bond motifs is 7. The van der Waals surface area contributed by atoms with E-state index in [1.54, 1.807) is 24.3 Å². The number of carbonyl (C=O) groups is 5. The van der Waals surface area contributed by atoms with E-state index in [1.165, 1.54) is 25.5 Å². The normalized spacial score (nSPS) is 36.3. The molecule has 5 saturated carbocycles. The first-order valence-electron chi connectivity index (χ1n) is 21.9. The van der Waals surface area contributed by atoms with Crippen molar-refractivity contribution < 1.29 is 39.3 Å². The SMILES string of the molecule is CNC(O)(O)C(=O)NCCC12CCC3C(CCC4C3CCC3C(C)(C)C(CC(=O)C5CC(C(=O)O)C5C)CCC43C)C1=C(C(C)C)C(=O)C2.O=Cc1ccc(Cl)cc1. The topological polar surface area (TPSA) is 170 Å². The van der Waals surface area contributed by atoms with Crippen LogP contribution < -0.4 is 10.6 Å². The molecule has 0 saturated heterocycles. The number of hydrogen-bond donors (Lipinski definition) is 5. The summed E-state index contributed by atoms with van der Waals surface area (Å²) in [5.41, 5.74) is 3.02. The molecular formula is C47H67ClN2O8. The minimum absolute atomic E-state index is 0.0368. The minimum atomic E-state index is -2.63. The van der Waals surface area contributed by atoms with Gasteiger partial charge in [0, 0.05) is 41.3 Å². The summed E-state index contributed by atoms with van der Waals surface area (Å²) in [4.78, 5) is 61.2. The number of benzene rings is 1. The fourth-order valence-corrected chi connectivity index (χ4v) is 13.9. The van der Waals surface area contributed by atoms with Crippen molar-refractivity contribution in [3.8, 4) is 0 Å². The number of aliphatic hydroxyl groups is 2. The van der Waals surface area contributed by atoms with E-state index in [0.717, 1.165) is 50.4 Å². The van der Waals surface area contributed by atoms with Crippen molar-refractivity contribution in [2.24, 2.45) is 75.4 Å². The molecule has 10 nitrogen and oxygen atoms in total. The van der Waals surface area contributed by atoms with Crippen LogP contribution in [0.3, 0.4) is 0 Å². The summed E-state index contributed by atoms with van der Waals surface area (Å²) in [6.45, 7) is 13.9. The van der Waals surface area contributed by atoms with Crippen LogP contribution in [0.5, 0.6) is 0 Å². The van der Waals surface area contributed by atoms with Gasteiger partial charge in [0.1, 0.15) is 12.1 Å². The minimum Gasteiger partial charge on any atom is -0.481 e. The van der Waals surface area contributed by atoms with Gasteiger partial charge in [-0.2, -0.15) is 0 Å². The number of allylic oxidation sites excluding steroid dienone is 2. The van der Waals surface area contributed by atoms with Gasteiger partial charge in [-0.05, 0) is 147 Å². The van der Waals surface area contributed by atoms with Crippen molar-refractivity contribution in [1.82, 2.24) is 10.6 Å². The first-order valence-corrected chi connectivity index (χ1v) is 22.3. The van der Waals surface area contributed by atoms with Crippen LogP contribution >= 0.6 is 11.6 Å². The maximum atomic E-state index is 13.7. The first-order chi connectivity index (χ1) is 27.2. The van der Waals surface area contributed by atoms with Crippen LogP contribution in [0.2, 0.25) is 5.02 Å². The molecule has 0 aliphatic heterocycles. The van der Waals surface area contributed by atoms with Gasteiger partial charge in [0.2, 0.25) is 0 Å². The number of nitrogens with one attached hydrogen (secondary N) is 2. The Bertz CT molecular complexity index is 1790. The van der Waals surface area contributed by atoms with E-state index in [9.17, 15) is 39.3 Å². The van der Waals surface area contributed by atoms with Gasteiger partial charge in [0.05, 0.1) is 5.92 Å². The Labute approximate surface area is 349 Å². The van der Waals surface area contributed by atoms with Crippen molar-refractivity contribution in [2.45, 2.75) is 125 Å². The van der Waals surface area contributed by atoms with Crippen molar-refractivity contribution in [3.63, 3.8) is 0 Å². The number of halogens is 1. The van der Waals surface area contributed by atoms with Gasteiger partial charge < -0.3 is 20.6 Å². The predicted molar refractivity (Wildman–Crippen MR) is 222 cm³/mol. The maximum Gasteiger partial charge on any atom is 0.306 e.